The summed E-state index contributed by atoms with van der Waals surface area (Å²) in [7, 11) is 1.30. The zero-order valence-electron chi connectivity index (χ0n) is 13.1. The Morgan fingerprint density at radius 3 is 2.42 bits per heavy atom. The summed E-state index contributed by atoms with van der Waals surface area (Å²) >= 11 is 6.70. The minimum Gasteiger partial charge on any atom is -0.465 e. The summed E-state index contributed by atoms with van der Waals surface area (Å²) in [4.78, 5) is 23.9. The van der Waals surface area contributed by atoms with Gasteiger partial charge in [-0.15, -0.1) is 0 Å². The van der Waals surface area contributed by atoms with Crippen LogP contribution in [0.25, 0.3) is 0 Å². The van der Waals surface area contributed by atoms with Gasteiger partial charge in [0.15, 0.2) is 0 Å². The molecule has 0 aliphatic carbocycles. The normalized spacial score (nSPS) is 10.2. The quantitative estimate of drug-likeness (QED) is 0.653. The van der Waals surface area contributed by atoms with E-state index in [1.807, 2.05) is 30.3 Å². The van der Waals surface area contributed by atoms with Crippen LogP contribution in [0.2, 0.25) is 0 Å². The van der Waals surface area contributed by atoms with Crippen molar-refractivity contribution in [1.82, 2.24) is 0 Å². The molecule has 0 unspecified atom stereocenters. The maximum absolute atomic E-state index is 12.0. The lowest BCUT2D eigenvalue weighted by molar-refractivity contribution is 0.0598. The lowest BCUT2D eigenvalue weighted by atomic mass is 10.1. The van der Waals surface area contributed by atoms with Gasteiger partial charge in [-0.2, -0.15) is 0 Å². The summed E-state index contributed by atoms with van der Waals surface area (Å²) in [6, 6.07) is 11.0. The highest BCUT2D eigenvalue weighted by Crippen LogP contribution is 2.34. The van der Waals surface area contributed by atoms with Crippen molar-refractivity contribution in [3.05, 3.63) is 62.0 Å². The monoisotopic (exact) mass is 455 g/mol. The van der Waals surface area contributed by atoms with Gasteiger partial charge in [0.2, 0.25) is 0 Å². The number of carbonyl (C=O) groups is 2. The molecule has 0 atom stereocenters. The van der Waals surface area contributed by atoms with Crippen molar-refractivity contribution >= 4 is 49.6 Å². The highest BCUT2D eigenvalue weighted by molar-refractivity contribution is 9.11. The van der Waals surface area contributed by atoms with Crippen LogP contribution < -0.4 is 5.32 Å². The number of halogens is 2. The molecule has 1 N–H and O–H groups in total. The number of methoxy groups -OCH3 is 1. The largest absolute Gasteiger partial charge is 0.465 e. The molecule has 0 aromatic heterocycles. The third kappa shape index (κ3) is 4.36. The van der Waals surface area contributed by atoms with Crippen molar-refractivity contribution < 1.29 is 19.1 Å². The molecule has 2 rings (SSSR count). The van der Waals surface area contributed by atoms with E-state index in [9.17, 15) is 9.59 Å². The van der Waals surface area contributed by atoms with Gasteiger partial charge in [0.25, 0.3) is 0 Å². The topological polar surface area (TPSA) is 64.6 Å². The molecule has 7 heteroatoms. The van der Waals surface area contributed by atoms with E-state index < -0.39 is 12.1 Å². The third-order valence-electron chi connectivity index (χ3n) is 3.31. The van der Waals surface area contributed by atoms with Gasteiger partial charge in [0, 0.05) is 8.95 Å². The first-order valence-corrected chi connectivity index (χ1v) is 8.57. The molecule has 0 bridgehead atoms. The summed E-state index contributed by atoms with van der Waals surface area (Å²) in [6.45, 7) is 1.87. The van der Waals surface area contributed by atoms with Gasteiger partial charge in [-0.05, 0) is 56.0 Å². The number of carbonyl (C=O) groups excluding carboxylic acids is 2. The van der Waals surface area contributed by atoms with Crippen LogP contribution in [0.4, 0.5) is 10.5 Å². The number of anilines is 1. The van der Waals surface area contributed by atoms with E-state index in [1.165, 1.54) is 7.11 Å². The van der Waals surface area contributed by atoms with E-state index in [2.05, 4.69) is 37.2 Å². The lowest BCUT2D eigenvalue weighted by Gasteiger charge is -2.15. The van der Waals surface area contributed by atoms with Crippen molar-refractivity contribution in [3.8, 4) is 0 Å². The molecular weight excluding hydrogens is 442 g/mol. The molecular formula is C17H15Br2NO4. The van der Waals surface area contributed by atoms with E-state index >= 15 is 0 Å². The van der Waals surface area contributed by atoms with Crippen molar-refractivity contribution in [2.45, 2.75) is 13.5 Å². The summed E-state index contributed by atoms with van der Waals surface area (Å²) < 4.78 is 11.2. The molecule has 0 heterocycles. The molecule has 0 fully saturated rings. The molecule has 24 heavy (non-hydrogen) atoms. The van der Waals surface area contributed by atoms with Crippen LogP contribution in [0, 0.1) is 6.92 Å². The fraction of sp³-hybridized carbons (Fsp3) is 0.176. The Bertz CT molecular complexity index is 763. The lowest BCUT2D eigenvalue weighted by Crippen LogP contribution is -2.16. The predicted molar refractivity (Wildman–Crippen MR) is 98.2 cm³/mol. The van der Waals surface area contributed by atoms with Crippen molar-refractivity contribution in [2.75, 3.05) is 12.4 Å². The average Bonchev–Trinajstić information content (AvgIpc) is 2.57. The van der Waals surface area contributed by atoms with E-state index in [4.69, 9.17) is 9.47 Å². The smallest absolute Gasteiger partial charge is 0.411 e. The molecule has 0 saturated carbocycles. The molecule has 0 saturated heterocycles. The number of rotatable bonds is 4. The summed E-state index contributed by atoms with van der Waals surface area (Å²) in [5, 5.41) is 2.66. The van der Waals surface area contributed by atoms with Gasteiger partial charge in [0.1, 0.15) is 6.61 Å². The van der Waals surface area contributed by atoms with Gasteiger partial charge in [-0.3, -0.25) is 5.32 Å². The van der Waals surface area contributed by atoms with Crippen LogP contribution in [0.15, 0.2) is 45.3 Å². The van der Waals surface area contributed by atoms with Gasteiger partial charge in [-0.25, -0.2) is 9.59 Å². The molecule has 126 valence electrons. The zero-order chi connectivity index (χ0) is 17.7. The fourth-order valence-corrected chi connectivity index (χ4v) is 3.73. The first-order chi connectivity index (χ1) is 11.4. The van der Waals surface area contributed by atoms with Gasteiger partial charge in [0.05, 0.1) is 18.4 Å². The van der Waals surface area contributed by atoms with E-state index in [1.54, 1.807) is 13.0 Å². The van der Waals surface area contributed by atoms with E-state index in [-0.39, 0.29) is 6.61 Å². The number of benzene rings is 2. The van der Waals surface area contributed by atoms with Crippen molar-refractivity contribution in [2.24, 2.45) is 0 Å². The number of amides is 1. The number of esters is 1. The maximum atomic E-state index is 12.0. The van der Waals surface area contributed by atoms with Crippen LogP contribution in [0.1, 0.15) is 21.5 Å². The van der Waals surface area contributed by atoms with Crippen LogP contribution in [0.5, 0.6) is 0 Å². The Morgan fingerprint density at radius 1 is 1.12 bits per heavy atom. The van der Waals surface area contributed by atoms with E-state index in [0.29, 0.717) is 25.8 Å². The molecule has 2 aromatic carbocycles. The molecule has 2 aromatic rings. The number of hydrogen-bond acceptors (Lipinski definition) is 4. The van der Waals surface area contributed by atoms with Crippen LogP contribution in [0.3, 0.4) is 0 Å². The van der Waals surface area contributed by atoms with Crippen molar-refractivity contribution in [3.63, 3.8) is 0 Å². The minimum atomic E-state index is -0.610. The second kappa shape index (κ2) is 8.30. The SMILES string of the molecule is COC(=O)c1c(Br)cc(Br)c(NC(=O)OCc2ccccc2)c1C. The van der Waals surface area contributed by atoms with Gasteiger partial charge < -0.3 is 9.47 Å². The second-order valence-corrected chi connectivity index (χ2v) is 6.60. The summed E-state index contributed by atoms with van der Waals surface area (Å²) in [5.41, 5.74) is 2.25. The van der Waals surface area contributed by atoms with E-state index in [0.717, 1.165) is 5.56 Å². The highest BCUT2D eigenvalue weighted by atomic mass is 79.9. The van der Waals surface area contributed by atoms with Gasteiger partial charge >= 0.3 is 12.1 Å². The van der Waals surface area contributed by atoms with Crippen molar-refractivity contribution in [1.29, 1.82) is 0 Å². The Labute approximate surface area is 156 Å². The molecule has 5 nitrogen and oxygen atoms in total. The maximum Gasteiger partial charge on any atom is 0.411 e. The number of ether oxygens (including phenoxy) is 2. The minimum absolute atomic E-state index is 0.156. The van der Waals surface area contributed by atoms with Crippen LogP contribution >= 0.6 is 31.9 Å². The second-order valence-electron chi connectivity index (χ2n) is 4.89. The third-order valence-corrected chi connectivity index (χ3v) is 4.56. The Hall–Kier alpha value is -1.86. The predicted octanol–water partition coefficient (Wildman–Crippen LogP) is 5.06. The van der Waals surface area contributed by atoms with Crippen LogP contribution in [-0.4, -0.2) is 19.2 Å². The molecule has 0 aliphatic heterocycles. The molecule has 0 radical (unpaired) electrons. The standard InChI is InChI=1S/C17H15Br2NO4/c1-10-14(16(21)23-2)12(18)8-13(19)15(10)20-17(22)24-9-11-6-4-3-5-7-11/h3-8H,9H2,1-2H3,(H,20,22). The number of nitrogens with one attached hydrogen (secondary N) is 1. The summed E-state index contributed by atoms with van der Waals surface area (Å²) in [6.07, 6.45) is -0.610. The first-order valence-electron chi connectivity index (χ1n) is 6.98. The Balaban J connectivity index is 2.17. The highest BCUT2D eigenvalue weighted by Gasteiger charge is 2.20. The molecule has 1 amide bonds. The number of hydrogen-bond donors (Lipinski definition) is 1. The average molecular weight is 457 g/mol. The Morgan fingerprint density at radius 2 is 1.79 bits per heavy atom. The Kier molecular flexibility index (Phi) is 6.39. The fourth-order valence-electron chi connectivity index (χ4n) is 2.11. The summed E-state index contributed by atoms with van der Waals surface area (Å²) in [5.74, 6) is -0.493. The van der Waals surface area contributed by atoms with Crippen LogP contribution in [-0.2, 0) is 16.1 Å². The van der Waals surface area contributed by atoms with Gasteiger partial charge in [-0.1, -0.05) is 30.3 Å². The molecule has 0 spiro atoms. The first kappa shape index (κ1) is 18.5. The molecule has 0 aliphatic rings. The zero-order valence-corrected chi connectivity index (χ0v) is 16.2.